The van der Waals surface area contributed by atoms with Crippen molar-refractivity contribution in [2.45, 2.75) is 31.0 Å². The number of Topliss-reactive ketones (excluding diaryl/α,β-unsaturated/α-hetero) is 1. The molecule has 0 aliphatic carbocycles. The molecule has 4 rings (SSSR count). The zero-order valence-electron chi connectivity index (χ0n) is 16.5. The van der Waals surface area contributed by atoms with Gasteiger partial charge < -0.3 is 4.98 Å². The van der Waals surface area contributed by atoms with Crippen LogP contribution in [0.15, 0.2) is 63.2 Å². The Hall–Kier alpha value is -2.71. The largest absolute Gasteiger partial charge is 0.348 e. The molecule has 0 aliphatic heterocycles. The number of carbonyl (C=O) groups excluding carboxylic acids is 1. The van der Waals surface area contributed by atoms with Crippen LogP contribution in [0.2, 0.25) is 0 Å². The summed E-state index contributed by atoms with van der Waals surface area (Å²) in [7, 11) is 0. The van der Waals surface area contributed by atoms with E-state index in [2.05, 4.69) is 31.0 Å². The maximum atomic E-state index is 13.2. The molecule has 0 saturated carbocycles. The number of rotatable bonds is 6. The van der Waals surface area contributed by atoms with E-state index in [-0.39, 0.29) is 16.8 Å². The lowest BCUT2D eigenvalue weighted by Crippen LogP contribution is -2.18. The van der Waals surface area contributed by atoms with E-state index in [1.165, 1.54) is 18.7 Å². The molecule has 3 aromatic heterocycles. The minimum Gasteiger partial charge on any atom is -0.348 e. The number of aryl methyl sites for hydroxylation is 1. The molecule has 152 valence electrons. The average Bonchev–Trinajstić information content (AvgIpc) is 3.28. The number of thioether (sulfide) groups is 1. The minimum atomic E-state index is -0.241. The van der Waals surface area contributed by atoms with E-state index in [1.54, 1.807) is 17.1 Å². The van der Waals surface area contributed by atoms with E-state index in [4.69, 9.17) is 0 Å². The number of benzene rings is 1. The third-order valence-electron chi connectivity index (χ3n) is 4.82. The highest BCUT2D eigenvalue weighted by Crippen LogP contribution is 2.30. The number of carbonyl (C=O) groups is 1. The molecule has 0 fully saturated rings. The summed E-state index contributed by atoms with van der Waals surface area (Å²) in [5.74, 6) is 1.06. The van der Waals surface area contributed by atoms with Crippen molar-refractivity contribution in [3.05, 3.63) is 80.3 Å². The number of ketones is 1. The van der Waals surface area contributed by atoms with Crippen molar-refractivity contribution >= 4 is 44.4 Å². The van der Waals surface area contributed by atoms with Crippen LogP contribution in [-0.4, -0.2) is 25.5 Å². The first-order chi connectivity index (χ1) is 14.5. The average molecular weight is 483 g/mol. The number of aromatic nitrogens is 4. The van der Waals surface area contributed by atoms with Gasteiger partial charge in [0.1, 0.15) is 0 Å². The van der Waals surface area contributed by atoms with Crippen molar-refractivity contribution in [3.63, 3.8) is 0 Å². The van der Waals surface area contributed by atoms with Gasteiger partial charge in [0, 0.05) is 28.8 Å². The first-order valence-electron chi connectivity index (χ1n) is 9.45. The molecular weight excluding hydrogens is 464 g/mol. The number of H-pyrrole nitrogens is 1. The van der Waals surface area contributed by atoms with E-state index >= 15 is 0 Å². The molecule has 6 nitrogen and oxygen atoms in total. The fourth-order valence-electron chi connectivity index (χ4n) is 3.33. The number of halogens is 1. The van der Waals surface area contributed by atoms with Crippen LogP contribution in [-0.2, 0) is 12.2 Å². The SMILES string of the molecule is CCc1ccc(Br)c2[nH]c(SCc3ccc(-n4cccn4)nc3)c(C(C)=O)c(=O)c12. The highest BCUT2D eigenvalue weighted by Gasteiger charge is 2.19. The second kappa shape index (κ2) is 8.57. The fourth-order valence-corrected chi connectivity index (χ4v) is 4.79. The van der Waals surface area contributed by atoms with Crippen molar-refractivity contribution in [1.29, 1.82) is 0 Å². The van der Waals surface area contributed by atoms with Gasteiger partial charge in [0.2, 0.25) is 5.43 Å². The van der Waals surface area contributed by atoms with E-state index in [0.717, 1.165) is 26.9 Å². The van der Waals surface area contributed by atoms with Gasteiger partial charge in [-0.3, -0.25) is 9.59 Å². The van der Waals surface area contributed by atoms with E-state index in [0.29, 0.717) is 22.6 Å². The Morgan fingerprint density at radius 3 is 2.73 bits per heavy atom. The van der Waals surface area contributed by atoms with Crippen molar-refractivity contribution in [2.75, 3.05) is 0 Å². The van der Waals surface area contributed by atoms with Crippen LogP contribution in [0.4, 0.5) is 0 Å². The zero-order valence-corrected chi connectivity index (χ0v) is 18.9. The monoisotopic (exact) mass is 482 g/mol. The lowest BCUT2D eigenvalue weighted by atomic mass is 10.0. The van der Waals surface area contributed by atoms with Gasteiger partial charge in [0.15, 0.2) is 11.6 Å². The molecule has 0 radical (unpaired) electrons. The highest BCUT2D eigenvalue weighted by molar-refractivity contribution is 9.10. The summed E-state index contributed by atoms with van der Waals surface area (Å²) in [5.41, 5.74) is 2.61. The van der Waals surface area contributed by atoms with Crippen LogP contribution in [0.1, 0.15) is 35.3 Å². The number of nitrogens with zero attached hydrogens (tertiary/aromatic N) is 3. The normalized spacial score (nSPS) is 11.2. The van der Waals surface area contributed by atoms with Crippen LogP contribution >= 0.6 is 27.7 Å². The molecule has 0 bridgehead atoms. The lowest BCUT2D eigenvalue weighted by Gasteiger charge is -2.12. The van der Waals surface area contributed by atoms with Gasteiger partial charge in [0.25, 0.3) is 0 Å². The Morgan fingerprint density at radius 1 is 1.27 bits per heavy atom. The smallest absolute Gasteiger partial charge is 0.201 e. The Morgan fingerprint density at radius 2 is 2.10 bits per heavy atom. The van der Waals surface area contributed by atoms with Crippen LogP contribution < -0.4 is 5.43 Å². The zero-order chi connectivity index (χ0) is 21.3. The van der Waals surface area contributed by atoms with E-state index in [1.807, 2.05) is 43.5 Å². The van der Waals surface area contributed by atoms with Gasteiger partial charge in [0.05, 0.1) is 21.5 Å². The maximum absolute atomic E-state index is 13.2. The topological polar surface area (TPSA) is 80.6 Å². The number of nitrogens with one attached hydrogen (secondary N) is 1. The predicted octanol–water partition coefficient (Wildman–Crippen LogP) is 4.93. The predicted molar refractivity (Wildman–Crippen MR) is 123 cm³/mol. The highest BCUT2D eigenvalue weighted by atomic mass is 79.9. The van der Waals surface area contributed by atoms with Gasteiger partial charge in [-0.05, 0) is 58.6 Å². The molecule has 1 N–H and O–H groups in total. The minimum absolute atomic E-state index is 0.210. The molecule has 4 aromatic rings. The Labute approximate surface area is 185 Å². The molecular formula is C22H19BrN4O2S. The summed E-state index contributed by atoms with van der Waals surface area (Å²) in [5, 5.41) is 5.32. The summed E-state index contributed by atoms with van der Waals surface area (Å²) >= 11 is 4.95. The number of fused-ring (bicyclic) bond motifs is 1. The number of pyridine rings is 2. The van der Waals surface area contributed by atoms with Gasteiger partial charge in [-0.1, -0.05) is 19.1 Å². The van der Waals surface area contributed by atoms with Gasteiger partial charge >= 0.3 is 0 Å². The summed E-state index contributed by atoms with van der Waals surface area (Å²) < 4.78 is 2.49. The van der Waals surface area contributed by atoms with Crippen molar-refractivity contribution in [1.82, 2.24) is 19.7 Å². The van der Waals surface area contributed by atoms with Gasteiger partial charge in [-0.2, -0.15) is 5.10 Å². The molecule has 8 heteroatoms. The number of hydrogen-bond acceptors (Lipinski definition) is 5. The summed E-state index contributed by atoms with van der Waals surface area (Å²) in [4.78, 5) is 33.3. The van der Waals surface area contributed by atoms with E-state index in [9.17, 15) is 9.59 Å². The third-order valence-corrected chi connectivity index (χ3v) is 6.56. The Bertz CT molecular complexity index is 1280. The van der Waals surface area contributed by atoms with E-state index < -0.39 is 0 Å². The second-order valence-corrected chi connectivity index (χ2v) is 8.63. The van der Waals surface area contributed by atoms with Gasteiger partial charge in [-0.25, -0.2) is 9.67 Å². The number of hydrogen-bond donors (Lipinski definition) is 1. The molecule has 0 aliphatic rings. The molecule has 0 amide bonds. The Balaban J connectivity index is 1.70. The standard InChI is InChI=1S/C22H19BrN4O2S/c1-3-15-6-7-16(23)20-19(15)21(29)18(13(2)28)22(26-20)30-12-14-5-8-17(24-11-14)27-10-4-9-25-27/h4-11H,3,12H2,1-2H3,(H,26,29). The van der Waals surface area contributed by atoms with Crippen LogP contribution in [0, 0.1) is 0 Å². The van der Waals surface area contributed by atoms with Crippen LogP contribution in [0.3, 0.4) is 0 Å². The van der Waals surface area contributed by atoms with Crippen molar-refractivity contribution in [2.24, 2.45) is 0 Å². The Kier molecular flexibility index (Phi) is 5.87. The lowest BCUT2D eigenvalue weighted by molar-refractivity contribution is 0.101. The quantitative estimate of drug-likeness (QED) is 0.311. The summed E-state index contributed by atoms with van der Waals surface area (Å²) in [6.45, 7) is 3.43. The molecule has 0 spiro atoms. The van der Waals surface area contributed by atoms with Crippen molar-refractivity contribution in [3.8, 4) is 5.82 Å². The molecule has 3 heterocycles. The molecule has 1 aromatic carbocycles. The molecule has 0 unspecified atom stereocenters. The number of aromatic amines is 1. The second-order valence-electron chi connectivity index (χ2n) is 6.79. The van der Waals surface area contributed by atoms with Crippen LogP contribution in [0.5, 0.6) is 0 Å². The van der Waals surface area contributed by atoms with Crippen LogP contribution in [0.25, 0.3) is 16.7 Å². The molecule has 0 atom stereocenters. The van der Waals surface area contributed by atoms with Gasteiger partial charge in [-0.15, -0.1) is 11.8 Å². The fraction of sp³-hybridized carbons (Fsp3) is 0.182. The van der Waals surface area contributed by atoms with Crippen molar-refractivity contribution < 1.29 is 4.79 Å². The first-order valence-corrected chi connectivity index (χ1v) is 11.2. The summed E-state index contributed by atoms with van der Waals surface area (Å²) in [6, 6.07) is 9.55. The third kappa shape index (κ3) is 3.85. The molecule has 30 heavy (non-hydrogen) atoms. The first kappa shape index (κ1) is 20.6. The maximum Gasteiger partial charge on any atom is 0.201 e. The summed E-state index contributed by atoms with van der Waals surface area (Å²) in [6.07, 6.45) is 6.03. The molecule has 0 saturated heterocycles.